The summed E-state index contributed by atoms with van der Waals surface area (Å²) in [6.07, 6.45) is 2.16. The van der Waals surface area contributed by atoms with E-state index in [1.165, 1.54) is 6.07 Å². The first-order valence-electron chi connectivity index (χ1n) is 5.31. The second kappa shape index (κ2) is 4.10. The van der Waals surface area contributed by atoms with Crippen LogP contribution < -0.4 is 5.73 Å². The van der Waals surface area contributed by atoms with Crippen molar-refractivity contribution >= 4 is 16.9 Å². The van der Waals surface area contributed by atoms with Crippen LogP contribution in [0.1, 0.15) is 22.8 Å². The Kier molecular flexibility index (Phi) is 2.77. The average molecular weight is 234 g/mol. The normalized spacial score (nSPS) is 12.8. The molecule has 0 unspecified atom stereocenters. The van der Waals surface area contributed by atoms with Gasteiger partial charge < -0.3 is 16.0 Å². The van der Waals surface area contributed by atoms with Gasteiger partial charge in [0.2, 0.25) is 0 Å². The zero-order valence-electron chi connectivity index (χ0n) is 9.42. The van der Waals surface area contributed by atoms with E-state index in [0.717, 1.165) is 15.7 Å². The molecular formula is C12H14N2O3. The summed E-state index contributed by atoms with van der Waals surface area (Å²) >= 11 is 0. The molecule has 5 heteroatoms. The number of benzene rings is 1. The van der Waals surface area contributed by atoms with Crippen LogP contribution in [0.2, 0.25) is 0 Å². The lowest BCUT2D eigenvalue weighted by molar-refractivity contribution is 0.0697. The van der Waals surface area contributed by atoms with Gasteiger partial charge in [0.1, 0.15) is 0 Å². The Morgan fingerprint density at radius 2 is 2.24 bits per heavy atom. The quantitative estimate of drug-likeness (QED) is 0.701. The van der Waals surface area contributed by atoms with Crippen LogP contribution >= 0.6 is 0 Å². The average Bonchev–Trinajstić information content (AvgIpc) is 2.54. The highest BCUT2D eigenvalue weighted by atomic mass is 16.5. The molecular weight excluding hydrogens is 220 g/mol. The van der Waals surface area contributed by atoms with E-state index >= 15 is 0 Å². The minimum atomic E-state index is -0.982. The molecule has 0 radical (unpaired) electrons. The molecule has 0 fully saturated rings. The number of nitrogens with zero attached hydrogens (tertiary/aromatic N) is 1. The number of aromatic carboxylic acids is 1. The largest absolute Gasteiger partial charge is 0.478 e. The lowest BCUT2D eigenvalue weighted by Crippen LogP contribution is -2.17. The molecule has 1 aromatic heterocycles. The predicted molar refractivity (Wildman–Crippen MR) is 63.4 cm³/mol. The summed E-state index contributed by atoms with van der Waals surface area (Å²) in [5.74, 6) is -0.982. The summed E-state index contributed by atoms with van der Waals surface area (Å²) in [5.41, 5.74) is 7.36. The fourth-order valence-electron chi connectivity index (χ4n) is 1.92. The van der Waals surface area contributed by atoms with E-state index in [4.69, 9.17) is 10.8 Å². The molecule has 1 heterocycles. The number of hydrogen-bond acceptors (Lipinski definition) is 3. The number of nitrogens with two attached hydrogens (primary N) is 1. The molecule has 0 aliphatic carbocycles. The van der Waals surface area contributed by atoms with Crippen molar-refractivity contribution in [3.05, 3.63) is 35.5 Å². The van der Waals surface area contributed by atoms with Crippen molar-refractivity contribution in [2.45, 2.75) is 19.4 Å². The molecule has 0 saturated carbocycles. The number of carboxylic acids is 1. The number of carboxylic acid groups (broad SMARTS) is 1. The van der Waals surface area contributed by atoms with Gasteiger partial charge >= 0.3 is 5.97 Å². The third kappa shape index (κ3) is 2.09. The number of rotatable bonds is 3. The van der Waals surface area contributed by atoms with Gasteiger partial charge in [-0.3, -0.25) is 0 Å². The second-order valence-electron chi connectivity index (χ2n) is 4.22. The summed E-state index contributed by atoms with van der Waals surface area (Å²) in [6.45, 7) is 1.86. The van der Waals surface area contributed by atoms with E-state index < -0.39 is 5.97 Å². The van der Waals surface area contributed by atoms with E-state index in [1.54, 1.807) is 18.3 Å². The van der Waals surface area contributed by atoms with Gasteiger partial charge in [-0.15, -0.1) is 0 Å². The zero-order chi connectivity index (χ0) is 12.6. The second-order valence-corrected chi connectivity index (χ2v) is 4.22. The summed E-state index contributed by atoms with van der Waals surface area (Å²) in [7, 11) is 0. The first-order valence-corrected chi connectivity index (χ1v) is 5.31. The lowest BCUT2D eigenvalue weighted by Gasteiger charge is -2.03. The number of aromatic nitrogens is 1. The number of hydrogen-bond donors (Lipinski definition) is 3. The predicted octanol–water partition coefficient (Wildman–Crippen LogP) is 1.47. The van der Waals surface area contributed by atoms with Gasteiger partial charge in [-0.2, -0.15) is 4.73 Å². The minimum Gasteiger partial charge on any atom is -0.478 e. The van der Waals surface area contributed by atoms with Crippen molar-refractivity contribution in [1.29, 1.82) is 0 Å². The maximum atomic E-state index is 10.9. The van der Waals surface area contributed by atoms with E-state index in [9.17, 15) is 10.0 Å². The summed E-state index contributed by atoms with van der Waals surface area (Å²) in [4.78, 5) is 10.9. The van der Waals surface area contributed by atoms with Crippen molar-refractivity contribution in [2.24, 2.45) is 5.73 Å². The van der Waals surface area contributed by atoms with Crippen LogP contribution in [0.5, 0.6) is 0 Å². The van der Waals surface area contributed by atoms with Gasteiger partial charge in [0.05, 0.1) is 11.1 Å². The molecule has 0 bridgehead atoms. The Bertz CT molecular complexity index is 572. The maximum absolute atomic E-state index is 10.9. The van der Waals surface area contributed by atoms with Crippen LogP contribution in [0.3, 0.4) is 0 Å². The molecule has 0 spiro atoms. The van der Waals surface area contributed by atoms with E-state index in [2.05, 4.69) is 0 Å². The van der Waals surface area contributed by atoms with Crippen LogP contribution in [0.15, 0.2) is 24.4 Å². The Labute approximate surface area is 98.0 Å². The smallest absolute Gasteiger partial charge is 0.335 e. The maximum Gasteiger partial charge on any atom is 0.335 e. The van der Waals surface area contributed by atoms with Crippen molar-refractivity contribution in [3.8, 4) is 0 Å². The topological polar surface area (TPSA) is 88.5 Å². The Balaban J connectivity index is 2.60. The molecule has 4 N–H and O–H groups in total. The van der Waals surface area contributed by atoms with Crippen LogP contribution in [-0.4, -0.2) is 27.1 Å². The Hall–Kier alpha value is -2.01. The molecule has 90 valence electrons. The van der Waals surface area contributed by atoms with Crippen LogP contribution in [0, 0.1) is 0 Å². The molecule has 0 aliphatic rings. The van der Waals surface area contributed by atoms with Crippen LogP contribution in [-0.2, 0) is 6.42 Å². The molecule has 1 atom stereocenters. The highest BCUT2D eigenvalue weighted by Crippen LogP contribution is 2.23. The first kappa shape index (κ1) is 11.5. The highest BCUT2D eigenvalue weighted by molar-refractivity contribution is 5.94. The third-order valence-corrected chi connectivity index (χ3v) is 2.66. The SMILES string of the molecule is C[C@@H](N)Cc1cn(O)c2ccc(C(=O)O)cc12. The monoisotopic (exact) mass is 234 g/mol. The molecule has 0 aliphatic heterocycles. The Morgan fingerprint density at radius 3 is 2.82 bits per heavy atom. The van der Waals surface area contributed by atoms with Gasteiger partial charge in [-0.25, -0.2) is 4.79 Å². The van der Waals surface area contributed by atoms with E-state index in [1.807, 2.05) is 6.92 Å². The molecule has 2 aromatic rings. The fraction of sp³-hybridized carbons (Fsp3) is 0.250. The van der Waals surface area contributed by atoms with Crippen molar-refractivity contribution in [2.75, 3.05) is 0 Å². The van der Waals surface area contributed by atoms with Crippen molar-refractivity contribution in [1.82, 2.24) is 4.73 Å². The highest BCUT2D eigenvalue weighted by Gasteiger charge is 2.12. The summed E-state index contributed by atoms with van der Waals surface area (Å²) < 4.78 is 0.999. The standard InChI is InChI=1S/C12H14N2O3/c1-7(13)4-9-6-14(17)11-3-2-8(12(15)16)5-10(9)11/h2-3,5-7,17H,4,13H2,1H3,(H,15,16)/t7-/m1/s1. The van der Waals surface area contributed by atoms with Gasteiger partial charge in [0.25, 0.3) is 0 Å². The molecule has 0 amide bonds. The van der Waals surface area contributed by atoms with Crippen LogP contribution in [0.4, 0.5) is 0 Å². The Morgan fingerprint density at radius 1 is 1.53 bits per heavy atom. The molecule has 1 aromatic carbocycles. The molecule has 17 heavy (non-hydrogen) atoms. The zero-order valence-corrected chi connectivity index (χ0v) is 9.42. The summed E-state index contributed by atoms with van der Waals surface area (Å²) in [5, 5.41) is 19.3. The minimum absolute atomic E-state index is 0.0471. The fourth-order valence-corrected chi connectivity index (χ4v) is 1.92. The molecule has 2 rings (SSSR count). The summed E-state index contributed by atoms with van der Waals surface area (Å²) in [6, 6.07) is 4.56. The van der Waals surface area contributed by atoms with Crippen molar-refractivity contribution < 1.29 is 15.1 Å². The number of carbonyl (C=O) groups is 1. The van der Waals surface area contributed by atoms with Crippen LogP contribution in [0.25, 0.3) is 10.9 Å². The third-order valence-electron chi connectivity index (χ3n) is 2.66. The number of fused-ring (bicyclic) bond motifs is 1. The molecule has 0 saturated heterocycles. The van der Waals surface area contributed by atoms with Crippen molar-refractivity contribution in [3.63, 3.8) is 0 Å². The van der Waals surface area contributed by atoms with E-state index in [0.29, 0.717) is 11.9 Å². The lowest BCUT2D eigenvalue weighted by atomic mass is 10.0. The van der Waals surface area contributed by atoms with Gasteiger partial charge in [0, 0.05) is 17.6 Å². The van der Waals surface area contributed by atoms with Gasteiger partial charge in [0.15, 0.2) is 0 Å². The van der Waals surface area contributed by atoms with E-state index in [-0.39, 0.29) is 11.6 Å². The first-order chi connectivity index (χ1) is 7.99. The van der Waals surface area contributed by atoms with Gasteiger partial charge in [-0.1, -0.05) is 0 Å². The molecule has 5 nitrogen and oxygen atoms in total. The van der Waals surface area contributed by atoms with Gasteiger partial charge in [-0.05, 0) is 37.1 Å².